The number of aliphatic hydroxyl groups is 2. The zero-order chi connectivity index (χ0) is 49.3. The van der Waals surface area contributed by atoms with Gasteiger partial charge < -0.3 is 20.3 Å². The highest BCUT2D eigenvalue weighted by molar-refractivity contribution is 5.76. The second kappa shape index (κ2) is 57.7. The molecule has 0 aliphatic rings. The number of rotatable bonds is 56. The zero-order valence-corrected chi connectivity index (χ0v) is 45.6. The fourth-order valence-corrected chi connectivity index (χ4v) is 9.25. The van der Waals surface area contributed by atoms with Crippen LogP contribution < -0.4 is 5.32 Å². The molecule has 0 saturated carbocycles. The second-order valence-corrected chi connectivity index (χ2v) is 20.7. The van der Waals surface area contributed by atoms with E-state index in [1.165, 1.54) is 244 Å². The summed E-state index contributed by atoms with van der Waals surface area (Å²) in [6.45, 7) is 4.88. The van der Waals surface area contributed by atoms with E-state index < -0.39 is 12.1 Å². The first-order valence-corrected chi connectivity index (χ1v) is 30.3. The molecule has 3 N–H and O–H groups in total. The van der Waals surface area contributed by atoms with Gasteiger partial charge in [-0.15, -0.1) is 0 Å². The number of ether oxygens (including phenoxy) is 1. The van der Waals surface area contributed by atoms with E-state index in [2.05, 4.69) is 43.5 Å². The van der Waals surface area contributed by atoms with Crippen molar-refractivity contribution in [1.82, 2.24) is 5.32 Å². The van der Waals surface area contributed by atoms with Crippen LogP contribution in [-0.4, -0.2) is 47.4 Å². The van der Waals surface area contributed by atoms with E-state index in [1.54, 1.807) is 6.08 Å². The van der Waals surface area contributed by atoms with Gasteiger partial charge in [-0.2, -0.15) is 0 Å². The lowest BCUT2D eigenvalue weighted by Crippen LogP contribution is -2.45. The molecular weight excluding hydrogens is 839 g/mol. The maximum Gasteiger partial charge on any atom is 0.305 e. The summed E-state index contributed by atoms with van der Waals surface area (Å²) in [6.07, 6.45) is 71.7. The Balaban J connectivity index is 3.42. The van der Waals surface area contributed by atoms with Gasteiger partial charge in [0.15, 0.2) is 0 Å². The molecule has 0 heterocycles. The molecule has 0 aliphatic carbocycles. The number of nitrogens with one attached hydrogen (secondary N) is 1. The summed E-state index contributed by atoms with van der Waals surface area (Å²) >= 11 is 0. The van der Waals surface area contributed by atoms with E-state index in [-0.39, 0.29) is 18.5 Å². The predicted octanol–water partition coefficient (Wildman–Crippen LogP) is 18.8. The summed E-state index contributed by atoms with van der Waals surface area (Å²) in [5.41, 5.74) is 0. The van der Waals surface area contributed by atoms with Crippen LogP contribution in [0.25, 0.3) is 0 Å². The second-order valence-electron chi connectivity index (χ2n) is 20.7. The molecule has 0 saturated heterocycles. The maximum absolute atomic E-state index is 12.5. The van der Waals surface area contributed by atoms with Crippen LogP contribution in [0.5, 0.6) is 0 Å². The SMILES string of the molecule is CCCCC/C=C\C/C=C\CCCCCCCCCCCC(=O)OCCCCCCCCCCCCCCCCCCCC(=O)NC(CO)C(O)/C=C/CCCCCCCCCCCCCCC. The highest BCUT2D eigenvalue weighted by Crippen LogP contribution is 2.17. The molecule has 2 atom stereocenters. The smallest absolute Gasteiger partial charge is 0.305 e. The molecule has 0 radical (unpaired) electrons. The molecule has 68 heavy (non-hydrogen) atoms. The van der Waals surface area contributed by atoms with Crippen LogP contribution >= 0.6 is 0 Å². The van der Waals surface area contributed by atoms with Crippen LogP contribution in [0, 0.1) is 0 Å². The third kappa shape index (κ3) is 53.4. The van der Waals surface area contributed by atoms with E-state index in [0.29, 0.717) is 19.4 Å². The van der Waals surface area contributed by atoms with Gasteiger partial charge >= 0.3 is 5.97 Å². The first-order valence-electron chi connectivity index (χ1n) is 30.3. The fraction of sp³-hybridized carbons (Fsp3) is 0.871. The topological polar surface area (TPSA) is 95.9 Å². The summed E-state index contributed by atoms with van der Waals surface area (Å²) in [4.78, 5) is 24.6. The minimum Gasteiger partial charge on any atom is -0.466 e. The normalized spacial score (nSPS) is 12.8. The molecule has 0 aromatic heterocycles. The van der Waals surface area contributed by atoms with Gasteiger partial charge in [0.25, 0.3) is 0 Å². The van der Waals surface area contributed by atoms with Gasteiger partial charge in [0.05, 0.1) is 25.4 Å². The molecule has 1 amide bonds. The van der Waals surface area contributed by atoms with Gasteiger partial charge in [-0.05, 0) is 64.2 Å². The Morgan fingerprint density at radius 2 is 0.735 bits per heavy atom. The average Bonchev–Trinajstić information content (AvgIpc) is 3.34. The number of allylic oxidation sites excluding steroid dienone is 5. The summed E-state index contributed by atoms with van der Waals surface area (Å²) in [5.74, 6) is -0.0717. The molecule has 6 nitrogen and oxygen atoms in total. The Labute approximate surface area is 424 Å². The van der Waals surface area contributed by atoms with E-state index in [9.17, 15) is 19.8 Å². The Morgan fingerprint density at radius 1 is 0.412 bits per heavy atom. The van der Waals surface area contributed by atoms with Crippen molar-refractivity contribution in [2.24, 2.45) is 0 Å². The fourth-order valence-electron chi connectivity index (χ4n) is 9.25. The molecule has 0 rings (SSSR count). The lowest BCUT2D eigenvalue weighted by Gasteiger charge is -2.20. The van der Waals surface area contributed by atoms with Crippen molar-refractivity contribution in [1.29, 1.82) is 0 Å². The van der Waals surface area contributed by atoms with Crippen molar-refractivity contribution in [3.63, 3.8) is 0 Å². The molecule has 0 aromatic rings. The van der Waals surface area contributed by atoms with Crippen LogP contribution in [0.1, 0.15) is 322 Å². The number of aliphatic hydroxyl groups excluding tert-OH is 2. The van der Waals surface area contributed by atoms with Crippen molar-refractivity contribution in [2.45, 2.75) is 334 Å². The molecule has 400 valence electrons. The molecule has 6 heteroatoms. The standard InChI is InChI=1S/C62H117NO5/c1-3-5-7-9-11-13-15-17-19-20-21-24-28-32-36-40-44-48-52-56-62(67)68-57-53-49-45-41-37-33-29-25-22-23-27-31-35-39-43-47-51-55-61(66)63-59(58-64)60(65)54-50-46-42-38-34-30-26-18-16-14-12-10-8-6-4-2/h11,13,17,19,50,54,59-60,64-65H,3-10,12,14-16,18,20-49,51-53,55-58H2,1-2H3,(H,63,66)/b13-11-,19-17-,54-50+. The van der Waals surface area contributed by atoms with E-state index in [4.69, 9.17) is 4.74 Å². The number of unbranched alkanes of at least 4 members (excludes halogenated alkanes) is 41. The molecular formula is C62H117NO5. The Bertz CT molecular complexity index is 1100. The Kier molecular flexibility index (Phi) is 56.0. The molecule has 0 fully saturated rings. The van der Waals surface area contributed by atoms with Gasteiger partial charge in [0.1, 0.15) is 0 Å². The lowest BCUT2D eigenvalue weighted by atomic mass is 10.0. The third-order valence-corrected chi connectivity index (χ3v) is 13.9. The van der Waals surface area contributed by atoms with Crippen molar-refractivity contribution in [3.8, 4) is 0 Å². The molecule has 2 unspecified atom stereocenters. The summed E-state index contributed by atoms with van der Waals surface area (Å²) in [7, 11) is 0. The number of carbonyl (C=O) groups excluding carboxylic acids is 2. The number of carbonyl (C=O) groups is 2. The van der Waals surface area contributed by atoms with E-state index in [0.717, 1.165) is 51.4 Å². The first-order chi connectivity index (χ1) is 33.5. The highest BCUT2D eigenvalue weighted by Gasteiger charge is 2.18. The van der Waals surface area contributed by atoms with Crippen molar-refractivity contribution in [2.75, 3.05) is 13.2 Å². The average molecular weight is 957 g/mol. The van der Waals surface area contributed by atoms with Crippen molar-refractivity contribution >= 4 is 11.9 Å². The number of amides is 1. The Hall–Kier alpha value is -1.92. The van der Waals surface area contributed by atoms with Gasteiger partial charge in [0.2, 0.25) is 5.91 Å². The van der Waals surface area contributed by atoms with Crippen LogP contribution in [-0.2, 0) is 14.3 Å². The largest absolute Gasteiger partial charge is 0.466 e. The van der Waals surface area contributed by atoms with Crippen LogP contribution in [0.3, 0.4) is 0 Å². The quantitative estimate of drug-likeness (QED) is 0.0321. The van der Waals surface area contributed by atoms with E-state index >= 15 is 0 Å². The Morgan fingerprint density at radius 3 is 1.15 bits per heavy atom. The molecule has 0 aromatic carbocycles. The highest BCUT2D eigenvalue weighted by atomic mass is 16.5. The maximum atomic E-state index is 12.5. The minimum absolute atomic E-state index is 0.000734. The third-order valence-electron chi connectivity index (χ3n) is 13.9. The van der Waals surface area contributed by atoms with Crippen molar-refractivity contribution < 1.29 is 24.5 Å². The molecule has 0 spiro atoms. The summed E-state index contributed by atoms with van der Waals surface area (Å²) in [5, 5.41) is 23.1. The van der Waals surface area contributed by atoms with Gasteiger partial charge in [-0.25, -0.2) is 0 Å². The summed E-state index contributed by atoms with van der Waals surface area (Å²) < 4.78 is 5.49. The monoisotopic (exact) mass is 956 g/mol. The summed E-state index contributed by atoms with van der Waals surface area (Å²) in [6, 6.07) is -0.632. The van der Waals surface area contributed by atoms with Crippen LogP contribution in [0.4, 0.5) is 0 Å². The van der Waals surface area contributed by atoms with Gasteiger partial charge in [-0.3, -0.25) is 9.59 Å². The first kappa shape index (κ1) is 66.1. The molecule has 0 aliphatic heterocycles. The zero-order valence-electron chi connectivity index (χ0n) is 45.6. The number of hydrogen-bond acceptors (Lipinski definition) is 5. The van der Waals surface area contributed by atoms with E-state index in [1.807, 2.05) is 6.08 Å². The number of esters is 1. The van der Waals surface area contributed by atoms with Crippen LogP contribution in [0.15, 0.2) is 36.5 Å². The molecule has 0 bridgehead atoms. The van der Waals surface area contributed by atoms with Crippen LogP contribution in [0.2, 0.25) is 0 Å². The van der Waals surface area contributed by atoms with Crippen molar-refractivity contribution in [3.05, 3.63) is 36.5 Å². The predicted molar refractivity (Wildman–Crippen MR) is 296 cm³/mol. The van der Waals surface area contributed by atoms with Gasteiger partial charge in [0, 0.05) is 12.8 Å². The minimum atomic E-state index is -0.848. The van der Waals surface area contributed by atoms with Gasteiger partial charge in [-0.1, -0.05) is 281 Å². The lowest BCUT2D eigenvalue weighted by molar-refractivity contribution is -0.143. The number of hydrogen-bond donors (Lipinski definition) is 3.